The second-order valence-corrected chi connectivity index (χ2v) is 11.3. The summed E-state index contributed by atoms with van der Waals surface area (Å²) < 4.78 is 0. The molecule has 0 radical (unpaired) electrons. The molecule has 2 fully saturated rings. The SMILES string of the molecule is C[C@H](NC(=O)c1c(CN2CCN(c3ccccn3)CC2)c(-c2ccccc2)nc2ccccc12)C1CCCCC1. The number of hydrogen-bond acceptors (Lipinski definition) is 5. The third kappa shape index (κ3) is 5.73. The summed E-state index contributed by atoms with van der Waals surface area (Å²) in [5.74, 6) is 1.59. The number of benzene rings is 2. The fraction of sp³-hybridized carbons (Fsp3) is 0.382. The van der Waals surface area contributed by atoms with Gasteiger partial charge in [0.05, 0.1) is 16.8 Å². The molecule has 6 rings (SSSR count). The van der Waals surface area contributed by atoms with E-state index >= 15 is 0 Å². The van der Waals surface area contributed by atoms with E-state index in [1.807, 2.05) is 54.7 Å². The number of nitrogens with zero attached hydrogens (tertiary/aromatic N) is 4. The molecule has 1 saturated carbocycles. The van der Waals surface area contributed by atoms with Gasteiger partial charge in [0.1, 0.15) is 5.82 Å². The van der Waals surface area contributed by atoms with Crippen molar-refractivity contribution in [1.29, 1.82) is 0 Å². The lowest BCUT2D eigenvalue weighted by molar-refractivity contribution is 0.0918. The van der Waals surface area contributed by atoms with E-state index in [-0.39, 0.29) is 11.9 Å². The molecule has 40 heavy (non-hydrogen) atoms. The van der Waals surface area contributed by atoms with E-state index in [0.29, 0.717) is 12.5 Å². The summed E-state index contributed by atoms with van der Waals surface area (Å²) in [5, 5.41) is 4.37. The van der Waals surface area contributed by atoms with Gasteiger partial charge >= 0.3 is 0 Å². The number of para-hydroxylation sites is 1. The minimum Gasteiger partial charge on any atom is -0.354 e. The molecule has 2 aliphatic rings. The van der Waals surface area contributed by atoms with Gasteiger partial charge in [-0.3, -0.25) is 9.69 Å². The maximum absolute atomic E-state index is 14.2. The summed E-state index contributed by atoms with van der Waals surface area (Å²) in [7, 11) is 0. The first-order valence-electron chi connectivity index (χ1n) is 14.8. The molecule has 2 aromatic carbocycles. The number of aromatic nitrogens is 2. The number of amides is 1. The Hall–Kier alpha value is -3.77. The lowest BCUT2D eigenvalue weighted by Crippen LogP contribution is -2.46. The molecule has 1 aliphatic carbocycles. The monoisotopic (exact) mass is 533 g/mol. The van der Waals surface area contributed by atoms with Crippen LogP contribution in [-0.2, 0) is 6.54 Å². The Kier molecular flexibility index (Phi) is 8.05. The van der Waals surface area contributed by atoms with Crippen LogP contribution in [0.1, 0.15) is 54.9 Å². The molecule has 206 valence electrons. The second kappa shape index (κ2) is 12.2. The van der Waals surface area contributed by atoms with Crippen molar-refractivity contribution in [3.63, 3.8) is 0 Å². The van der Waals surface area contributed by atoms with Crippen molar-refractivity contribution in [3.05, 3.63) is 90.1 Å². The van der Waals surface area contributed by atoms with Crippen molar-refractivity contribution in [2.75, 3.05) is 31.1 Å². The van der Waals surface area contributed by atoms with Crippen LogP contribution in [-0.4, -0.2) is 53.0 Å². The molecule has 1 saturated heterocycles. The zero-order chi connectivity index (χ0) is 27.3. The number of anilines is 1. The van der Waals surface area contributed by atoms with Crippen LogP contribution in [0, 0.1) is 5.92 Å². The average Bonchev–Trinajstić information content (AvgIpc) is 3.02. The minimum absolute atomic E-state index is 0.0241. The molecule has 1 atom stereocenters. The number of fused-ring (bicyclic) bond motifs is 1. The van der Waals surface area contributed by atoms with E-state index in [4.69, 9.17) is 4.98 Å². The summed E-state index contributed by atoms with van der Waals surface area (Å²) in [6.07, 6.45) is 8.08. The summed E-state index contributed by atoms with van der Waals surface area (Å²) in [6, 6.07) is 24.7. The van der Waals surface area contributed by atoms with Crippen molar-refractivity contribution in [3.8, 4) is 11.3 Å². The number of carbonyl (C=O) groups is 1. The van der Waals surface area contributed by atoms with Crippen LogP contribution in [0.3, 0.4) is 0 Å². The zero-order valence-electron chi connectivity index (χ0n) is 23.4. The topological polar surface area (TPSA) is 61.4 Å². The van der Waals surface area contributed by atoms with Crippen molar-refractivity contribution in [2.24, 2.45) is 5.92 Å². The summed E-state index contributed by atoms with van der Waals surface area (Å²) >= 11 is 0. The first-order chi connectivity index (χ1) is 19.7. The van der Waals surface area contributed by atoms with Gasteiger partial charge in [-0.25, -0.2) is 9.97 Å². The van der Waals surface area contributed by atoms with Crippen molar-refractivity contribution < 1.29 is 4.79 Å². The normalized spacial score (nSPS) is 17.6. The quantitative estimate of drug-likeness (QED) is 0.301. The molecule has 6 nitrogen and oxygen atoms in total. The Balaban J connectivity index is 1.35. The molecule has 4 aromatic rings. The highest BCUT2D eigenvalue weighted by Gasteiger charge is 2.28. The van der Waals surface area contributed by atoms with Crippen molar-refractivity contribution in [1.82, 2.24) is 20.2 Å². The first-order valence-corrected chi connectivity index (χ1v) is 14.8. The number of piperazine rings is 1. The maximum atomic E-state index is 14.2. The molecule has 0 bridgehead atoms. The molecular weight excluding hydrogens is 494 g/mol. The van der Waals surface area contributed by atoms with Gasteiger partial charge in [-0.1, -0.05) is 73.9 Å². The van der Waals surface area contributed by atoms with Gasteiger partial charge in [0.2, 0.25) is 0 Å². The second-order valence-electron chi connectivity index (χ2n) is 11.3. The van der Waals surface area contributed by atoms with Gasteiger partial charge in [-0.05, 0) is 43.9 Å². The van der Waals surface area contributed by atoms with Gasteiger partial charge in [0.25, 0.3) is 5.91 Å². The molecule has 1 amide bonds. The molecule has 1 N–H and O–H groups in total. The van der Waals surface area contributed by atoms with E-state index in [2.05, 4.69) is 51.3 Å². The van der Waals surface area contributed by atoms with Crippen LogP contribution in [0.15, 0.2) is 79.0 Å². The fourth-order valence-electron chi connectivity index (χ4n) is 6.43. The average molecular weight is 534 g/mol. The van der Waals surface area contributed by atoms with Crippen LogP contribution in [0.2, 0.25) is 0 Å². The summed E-state index contributed by atoms with van der Waals surface area (Å²) in [5.41, 5.74) is 4.61. The smallest absolute Gasteiger partial charge is 0.252 e. The predicted molar refractivity (Wildman–Crippen MR) is 162 cm³/mol. The number of hydrogen-bond donors (Lipinski definition) is 1. The highest BCUT2D eigenvalue weighted by atomic mass is 16.1. The molecule has 1 aliphatic heterocycles. The van der Waals surface area contributed by atoms with Gasteiger partial charge < -0.3 is 10.2 Å². The van der Waals surface area contributed by atoms with Crippen LogP contribution in [0.25, 0.3) is 22.2 Å². The standard InChI is InChI=1S/C34H39N5O/c1-25(26-12-4-2-5-13-26)36-34(40)32-28-16-8-9-17-30(28)37-33(27-14-6-3-7-15-27)29(32)24-38-20-22-39(23-21-38)31-18-10-11-19-35-31/h3,6-11,14-19,25-26H,2,4-5,12-13,20-24H2,1H3,(H,36,40)/t25-/m0/s1. The van der Waals surface area contributed by atoms with Gasteiger partial charge in [-0.15, -0.1) is 0 Å². The predicted octanol–water partition coefficient (Wildman–Crippen LogP) is 6.32. The van der Waals surface area contributed by atoms with Gasteiger partial charge in [0.15, 0.2) is 0 Å². The lowest BCUT2D eigenvalue weighted by atomic mass is 9.84. The Labute approximate surface area is 237 Å². The molecule has 3 heterocycles. The Bertz CT molecular complexity index is 1430. The fourth-order valence-corrected chi connectivity index (χ4v) is 6.43. The molecule has 2 aromatic heterocycles. The Morgan fingerprint density at radius 2 is 1.62 bits per heavy atom. The Morgan fingerprint density at radius 3 is 2.38 bits per heavy atom. The van der Waals surface area contributed by atoms with Crippen LogP contribution in [0.4, 0.5) is 5.82 Å². The van der Waals surface area contributed by atoms with Crippen LogP contribution in [0.5, 0.6) is 0 Å². The summed E-state index contributed by atoms with van der Waals surface area (Å²) in [6.45, 7) is 6.47. The summed E-state index contributed by atoms with van der Waals surface area (Å²) in [4.78, 5) is 28.7. The lowest BCUT2D eigenvalue weighted by Gasteiger charge is -2.36. The van der Waals surface area contributed by atoms with E-state index < -0.39 is 0 Å². The van der Waals surface area contributed by atoms with Crippen LogP contribution < -0.4 is 10.2 Å². The van der Waals surface area contributed by atoms with E-state index in [9.17, 15) is 4.79 Å². The minimum atomic E-state index is 0.0241. The third-order valence-electron chi connectivity index (χ3n) is 8.71. The van der Waals surface area contributed by atoms with E-state index in [1.54, 1.807) is 0 Å². The Morgan fingerprint density at radius 1 is 0.900 bits per heavy atom. The van der Waals surface area contributed by atoms with E-state index in [1.165, 1.54) is 32.1 Å². The number of rotatable bonds is 7. The maximum Gasteiger partial charge on any atom is 0.252 e. The van der Waals surface area contributed by atoms with Gasteiger partial charge in [0, 0.05) is 61.5 Å². The first kappa shape index (κ1) is 26.5. The highest BCUT2D eigenvalue weighted by molar-refractivity contribution is 6.09. The van der Waals surface area contributed by atoms with E-state index in [0.717, 1.165) is 65.3 Å². The van der Waals surface area contributed by atoms with Gasteiger partial charge in [-0.2, -0.15) is 0 Å². The number of pyridine rings is 2. The van der Waals surface area contributed by atoms with Crippen molar-refractivity contribution in [2.45, 2.75) is 51.6 Å². The molecule has 0 unspecified atom stereocenters. The highest BCUT2D eigenvalue weighted by Crippen LogP contribution is 2.33. The molecule has 0 spiro atoms. The van der Waals surface area contributed by atoms with Crippen molar-refractivity contribution >= 4 is 22.6 Å². The number of carbonyl (C=O) groups excluding carboxylic acids is 1. The zero-order valence-corrected chi connectivity index (χ0v) is 23.4. The third-order valence-corrected chi connectivity index (χ3v) is 8.71. The molecule has 6 heteroatoms. The number of nitrogens with one attached hydrogen (secondary N) is 1. The molecular formula is C34H39N5O. The van der Waals surface area contributed by atoms with Crippen LogP contribution >= 0.6 is 0 Å². The largest absolute Gasteiger partial charge is 0.354 e.